The van der Waals surface area contributed by atoms with E-state index in [1.807, 2.05) is 13.0 Å². The minimum Gasteiger partial charge on any atom is -0.339 e. The van der Waals surface area contributed by atoms with Crippen LogP contribution in [-0.2, 0) is 24.1 Å². The average Bonchev–Trinajstić information content (AvgIpc) is 3.00. The van der Waals surface area contributed by atoms with Crippen LogP contribution in [0, 0.1) is 6.92 Å². The van der Waals surface area contributed by atoms with Crippen LogP contribution in [0.3, 0.4) is 0 Å². The van der Waals surface area contributed by atoms with Crippen molar-refractivity contribution in [2.75, 3.05) is 26.2 Å². The maximum absolute atomic E-state index is 12.8. The average molecular weight is 366 g/mol. The highest BCUT2D eigenvalue weighted by molar-refractivity contribution is 5.76. The molecule has 26 heavy (non-hydrogen) atoms. The van der Waals surface area contributed by atoms with Gasteiger partial charge in [-0.3, -0.25) is 14.4 Å². The zero-order valence-electron chi connectivity index (χ0n) is 14.5. The molecule has 5 nitrogen and oxygen atoms in total. The molecule has 1 aliphatic heterocycles. The lowest BCUT2D eigenvalue weighted by Crippen LogP contribution is -2.49. The van der Waals surface area contributed by atoms with E-state index in [0.29, 0.717) is 38.3 Å². The second kappa shape index (κ2) is 7.49. The van der Waals surface area contributed by atoms with Crippen LogP contribution in [0.25, 0.3) is 0 Å². The van der Waals surface area contributed by atoms with Crippen molar-refractivity contribution in [3.8, 4) is 0 Å². The van der Waals surface area contributed by atoms with Gasteiger partial charge in [0.2, 0.25) is 5.91 Å². The maximum atomic E-state index is 12.8. The van der Waals surface area contributed by atoms with Crippen LogP contribution in [0.5, 0.6) is 0 Å². The van der Waals surface area contributed by atoms with Gasteiger partial charge in [0.05, 0.1) is 11.3 Å². The third-order valence-electron chi connectivity index (χ3n) is 4.46. The fraction of sp³-hybridized carbons (Fsp3) is 0.444. The Morgan fingerprint density at radius 3 is 2.50 bits per heavy atom. The molecule has 0 spiro atoms. The number of hydrogen-bond acceptors (Lipinski definition) is 3. The van der Waals surface area contributed by atoms with Crippen molar-refractivity contribution in [3.05, 3.63) is 53.3 Å². The first-order valence-corrected chi connectivity index (χ1v) is 8.47. The Kier molecular flexibility index (Phi) is 5.31. The summed E-state index contributed by atoms with van der Waals surface area (Å²) in [6.45, 7) is 4.94. The number of alkyl halides is 3. The second-order valence-electron chi connectivity index (χ2n) is 6.51. The summed E-state index contributed by atoms with van der Waals surface area (Å²) < 4.78 is 40.0. The van der Waals surface area contributed by atoms with E-state index in [4.69, 9.17) is 0 Å². The van der Waals surface area contributed by atoms with Gasteiger partial charge in [0, 0.05) is 38.9 Å². The molecule has 3 rings (SSSR count). The Bertz CT molecular complexity index is 764. The van der Waals surface area contributed by atoms with Crippen molar-refractivity contribution in [1.82, 2.24) is 19.6 Å². The van der Waals surface area contributed by atoms with Crippen LogP contribution >= 0.6 is 0 Å². The van der Waals surface area contributed by atoms with Crippen molar-refractivity contribution < 1.29 is 18.0 Å². The molecule has 1 aromatic carbocycles. The summed E-state index contributed by atoms with van der Waals surface area (Å²) in [6, 6.07) is 7.26. The number of halogens is 3. The Morgan fingerprint density at radius 1 is 1.15 bits per heavy atom. The summed E-state index contributed by atoms with van der Waals surface area (Å²) in [5.41, 5.74) is 0.869. The van der Waals surface area contributed by atoms with E-state index in [0.717, 1.165) is 11.8 Å². The lowest BCUT2D eigenvalue weighted by atomic mass is 10.1. The van der Waals surface area contributed by atoms with E-state index < -0.39 is 11.7 Å². The summed E-state index contributed by atoms with van der Waals surface area (Å²) >= 11 is 0. The molecule has 2 heterocycles. The number of carbonyl (C=O) groups is 1. The third kappa shape index (κ3) is 4.63. The lowest BCUT2D eigenvalue weighted by molar-refractivity contribution is -0.137. The summed E-state index contributed by atoms with van der Waals surface area (Å²) in [5, 5.41) is 4.21. The molecule has 1 aromatic heterocycles. The van der Waals surface area contributed by atoms with Gasteiger partial charge >= 0.3 is 6.18 Å². The normalized spacial score (nSPS) is 16.1. The van der Waals surface area contributed by atoms with Gasteiger partial charge in [-0.2, -0.15) is 18.3 Å². The SMILES string of the molecule is Cc1ccn(CC(=O)N2CCN(Cc3cccc(C(F)(F)F)c3)CC2)n1. The van der Waals surface area contributed by atoms with Gasteiger partial charge in [0.15, 0.2) is 0 Å². The van der Waals surface area contributed by atoms with Crippen LogP contribution in [0.2, 0.25) is 0 Å². The van der Waals surface area contributed by atoms with Crippen molar-refractivity contribution in [1.29, 1.82) is 0 Å². The first-order valence-electron chi connectivity index (χ1n) is 8.47. The van der Waals surface area contributed by atoms with E-state index in [2.05, 4.69) is 10.00 Å². The molecule has 1 amide bonds. The predicted octanol–water partition coefficient (Wildman–Crippen LogP) is 2.55. The summed E-state index contributed by atoms with van der Waals surface area (Å²) in [5.74, 6) is 0.00631. The molecule has 0 unspecified atom stereocenters. The van der Waals surface area contributed by atoms with Crippen LogP contribution < -0.4 is 0 Å². The molecular weight excluding hydrogens is 345 g/mol. The zero-order valence-corrected chi connectivity index (χ0v) is 14.5. The summed E-state index contributed by atoms with van der Waals surface area (Å²) in [7, 11) is 0. The molecule has 0 saturated carbocycles. The summed E-state index contributed by atoms with van der Waals surface area (Å²) in [6.07, 6.45) is -2.55. The van der Waals surface area contributed by atoms with E-state index in [1.165, 1.54) is 12.1 Å². The number of rotatable bonds is 4. The van der Waals surface area contributed by atoms with E-state index in [1.54, 1.807) is 21.8 Å². The van der Waals surface area contributed by atoms with E-state index in [9.17, 15) is 18.0 Å². The minimum atomic E-state index is -4.33. The predicted molar refractivity (Wildman–Crippen MR) is 90.3 cm³/mol. The molecule has 0 atom stereocenters. The van der Waals surface area contributed by atoms with Crippen molar-refractivity contribution in [3.63, 3.8) is 0 Å². The van der Waals surface area contributed by atoms with Gasteiger partial charge in [-0.05, 0) is 24.6 Å². The lowest BCUT2D eigenvalue weighted by Gasteiger charge is -2.34. The highest BCUT2D eigenvalue weighted by atomic mass is 19.4. The van der Waals surface area contributed by atoms with Crippen LogP contribution in [-0.4, -0.2) is 51.7 Å². The summed E-state index contributed by atoms with van der Waals surface area (Å²) in [4.78, 5) is 16.2. The van der Waals surface area contributed by atoms with E-state index >= 15 is 0 Å². The number of carbonyl (C=O) groups excluding carboxylic acids is 1. The largest absolute Gasteiger partial charge is 0.416 e. The first-order chi connectivity index (χ1) is 12.3. The number of hydrogen-bond donors (Lipinski definition) is 0. The molecular formula is C18H21F3N4O. The van der Waals surface area contributed by atoms with Crippen LogP contribution in [0.1, 0.15) is 16.8 Å². The van der Waals surface area contributed by atoms with Crippen molar-refractivity contribution >= 4 is 5.91 Å². The molecule has 140 valence electrons. The number of piperazine rings is 1. The van der Waals surface area contributed by atoms with Crippen molar-refractivity contribution in [2.24, 2.45) is 0 Å². The Morgan fingerprint density at radius 2 is 1.88 bits per heavy atom. The van der Waals surface area contributed by atoms with Gasteiger partial charge in [0.1, 0.15) is 6.54 Å². The monoisotopic (exact) mass is 366 g/mol. The molecule has 0 radical (unpaired) electrons. The number of nitrogens with zero attached hydrogens (tertiary/aromatic N) is 4. The number of aromatic nitrogens is 2. The number of amides is 1. The maximum Gasteiger partial charge on any atom is 0.416 e. The van der Waals surface area contributed by atoms with Crippen LogP contribution in [0.15, 0.2) is 36.5 Å². The minimum absolute atomic E-state index is 0.00631. The quantitative estimate of drug-likeness (QED) is 0.835. The number of benzene rings is 1. The molecule has 0 bridgehead atoms. The van der Waals surface area contributed by atoms with Gasteiger partial charge in [-0.25, -0.2) is 0 Å². The van der Waals surface area contributed by atoms with Crippen molar-refractivity contribution in [2.45, 2.75) is 26.2 Å². The fourth-order valence-corrected chi connectivity index (χ4v) is 3.05. The smallest absolute Gasteiger partial charge is 0.339 e. The topological polar surface area (TPSA) is 41.4 Å². The molecule has 1 saturated heterocycles. The Labute approximate surface area is 150 Å². The van der Waals surface area contributed by atoms with Gasteiger partial charge in [0.25, 0.3) is 0 Å². The molecule has 0 N–H and O–H groups in total. The second-order valence-corrected chi connectivity index (χ2v) is 6.51. The standard InChI is InChI=1S/C18H21F3N4O/c1-14-5-6-25(22-14)13-17(26)24-9-7-23(8-10-24)12-15-3-2-4-16(11-15)18(19,20)21/h2-6,11H,7-10,12-13H2,1H3. The highest BCUT2D eigenvalue weighted by Crippen LogP contribution is 2.29. The molecule has 8 heteroatoms. The van der Waals surface area contributed by atoms with Gasteiger partial charge in [-0.15, -0.1) is 0 Å². The number of aryl methyl sites for hydroxylation is 1. The Balaban J connectivity index is 1.51. The molecule has 1 aliphatic rings. The van der Waals surface area contributed by atoms with Crippen LogP contribution in [0.4, 0.5) is 13.2 Å². The Hall–Kier alpha value is -2.35. The zero-order chi connectivity index (χ0) is 18.7. The van der Waals surface area contributed by atoms with E-state index in [-0.39, 0.29) is 12.5 Å². The highest BCUT2D eigenvalue weighted by Gasteiger charge is 2.30. The molecule has 2 aromatic rings. The molecule has 0 aliphatic carbocycles. The van der Waals surface area contributed by atoms with Gasteiger partial charge in [-0.1, -0.05) is 18.2 Å². The third-order valence-corrected chi connectivity index (χ3v) is 4.46. The molecule has 1 fully saturated rings. The first kappa shape index (κ1) is 18.4. The van der Waals surface area contributed by atoms with Gasteiger partial charge < -0.3 is 4.90 Å². The fourth-order valence-electron chi connectivity index (χ4n) is 3.05.